The Kier molecular flexibility index (Phi) is 0.843. The van der Waals surface area contributed by atoms with Crippen LogP contribution in [-0.2, 0) is 14.3 Å². The van der Waals surface area contributed by atoms with Crippen molar-refractivity contribution >= 4 is 5.78 Å². The normalized spacial score (nSPS) is 41.8. The number of ether oxygens (including phenoxy) is 2. The lowest BCUT2D eigenvalue weighted by Gasteiger charge is -2.06. The summed E-state index contributed by atoms with van der Waals surface area (Å²) in [6.07, 6.45) is 1.71. The molecule has 3 nitrogen and oxygen atoms in total. The second-order valence-corrected chi connectivity index (χ2v) is 2.64. The molecule has 0 aromatic heterocycles. The van der Waals surface area contributed by atoms with Gasteiger partial charge in [0.15, 0.2) is 6.10 Å². The van der Waals surface area contributed by atoms with Crippen LogP contribution in [0.3, 0.4) is 0 Å². The van der Waals surface area contributed by atoms with Gasteiger partial charge in [0.2, 0.25) is 5.78 Å². The Hall–Kier alpha value is -0.830. The Labute approximate surface area is 58.6 Å². The highest BCUT2D eigenvalue weighted by molar-refractivity contribution is 5.88. The highest BCUT2D eigenvalue weighted by Crippen LogP contribution is 2.46. The number of rotatable bonds is 1. The summed E-state index contributed by atoms with van der Waals surface area (Å²) in [5.41, 5.74) is 0. The first kappa shape index (κ1) is 5.92. The molecule has 54 valence electrons. The summed E-state index contributed by atoms with van der Waals surface area (Å²) in [6.45, 7) is 3.30. The number of ketones is 1. The number of hydrogen-bond donors (Lipinski definition) is 0. The number of allylic oxidation sites excluding steroid dienone is 1. The van der Waals surface area contributed by atoms with Gasteiger partial charge >= 0.3 is 5.79 Å². The third-order valence-corrected chi connectivity index (χ3v) is 1.81. The van der Waals surface area contributed by atoms with E-state index in [2.05, 4.69) is 0 Å². The second kappa shape index (κ2) is 1.42. The first-order valence-corrected chi connectivity index (χ1v) is 3.21. The molecule has 0 bridgehead atoms. The molecule has 3 heteroatoms. The smallest absolute Gasteiger partial charge is 0.301 e. The van der Waals surface area contributed by atoms with Gasteiger partial charge < -0.3 is 9.47 Å². The van der Waals surface area contributed by atoms with Crippen LogP contribution in [-0.4, -0.2) is 17.7 Å². The molecule has 2 rings (SSSR count). The van der Waals surface area contributed by atoms with Crippen molar-refractivity contribution in [2.24, 2.45) is 0 Å². The number of epoxide rings is 1. The molecular weight excluding hydrogens is 132 g/mol. The maximum Gasteiger partial charge on any atom is 0.301 e. The number of Topliss-reactive ketones (excluding diaryl/α,β-unsaturated/α-hetero) is 1. The van der Waals surface area contributed by atoms with Gasteiger partial charge in [0.1, 0.15) is 0 Å². The van der Waals surface area contributed by atoms with E-state index in [0.717, 1.165) is 5.76 Å². The topological polar surface area (TPSA) is 38.8 Å². The molecule has 2 atom stereocenters. The molecule has 0 saturated carbocycles. The van der Waals surface area contributed by atoms with Crippen LogP contribution < -0.4 is 0 Å². The van der Waals surface area contributed by atoms with Gasteiger partial charge in [-0.25, -0.2) is 0 Å². The lowest BCUT2D eigenvalue weighted by molar-refractivity contribution is -0.136. The predicted octanol–water partition coefficient (Wildman–Crippen LogP) is 0.604. The Morgan fingerprint density at radius 1 is 1.80 bits per heavy atom. The van der Waals surface area contributed by atoms with Crippen LogP contribution in [0.4, 0.5) is 0 Å². The molecule has 2 heterocycles. The number of fused-ring (bicyclic) bond motifs is 1. The summed E-state index contributed by atoms with van der Waals surface area (Å²) < 4.78 is 10.2. The largest absolute Gasteiger partial charge is 0.457 e. The van der Waals surface area contributed by atoms with E-state index in [9.17, 15) is 4.79 Å². The molecule has 0 radical (unpaired) electrons. The van der Waals surface area contributed by atoms with Crippen molar-refractivity contribution in [3.8, 4) is 0 Å². The molecule has 0 aromatic carbocycles. The minimum Gasteiger partial charge on any atom is -0.457 e. The highest BCUT2D eigenvalue weighted by atomic mass is 16.8. The van der Waals surface area contributed by atoms with E-state index in [1.165, 1.54) is 6.92 Å². The maximum absolute atomic E-state index is 10.9. The third-order valence-electron chi connectivity index (χ3n) is 1.81. The molecule has 2 aliphatic heterocycles. The molecule has 0 N–H and O–H groups in total. The van der Waals surface area contributed by atoms with Crippen molar-refractivity contribution in [2.45, 2.75) is 25.7 Å². The SMILES string of the molecule is CC(=O)C12OC(C)=CC1O2. The summed E-state index contributed by atoms with van der Waals surface area (Å²) in [5, 5.41) is 0. The van der Waals surface area contributed by atoms with Gasteiger partial charge in [0.05, 0.1) is 5.76 Å². The maximum atomic E-state index is 10.9. The Bertz CT molecular complexity index is 231. The van der Waals surface area contributed by atoms with E-state index < -0.39 is 5.79 Å². The first-order valence-electron chi connectivity index (χ1n) is 3.21. The Morgan fingerprint density at radius 2 is 2.50 bits per heavy atom. The quantitative estimate of drug-likeness (QED) is 0.501. The van der Waals surface area contributed by atoms with E-state index in [1.54, 1.807) is 0 Å². The second-order valence-electron chi connectivity index (χ2n) is 2.64. The van der Waals surface area contributed by atoms with Gasteiger partial charge in [-0.05, 0) is 13.0 Å². The van der Waals surface area contributed by atoms with Crippen molar-refractivity contribution in [1.82, 2.24) is 0 Å². The molecule has 10 heavy (non-hydrogen) atoms. The lowest BCUT2D eigenvalue weighted by Crippen LogP contribution is -2.23. The van der Waals surface area contributed by atoms with Crippen LogP contribution >= 0.6 is 0 Å². The van der Waals surface area contributed by atoms with E-state index in [1.807, 2.05) is 13.0 Å². The van der Waals surface area contributed by atoms with Crippen molar-refractivity contribution in [3.63, 3.8) is 0 Å². The van der Waals surface area contributed by atoms with Crippen molar-refractivity contribution in [3.05, 3.63) is 11.8 Å². The van der Waals surface area contributed by atoms with Gasteiger partial charge in [-0.2, -0.15) is 0 Å². The summed E-state index contributed by atoms with van der Waals surface area (Å²) in [6, 6.07) is 0. The fourth-order valence-electron chi connectivity index (χ4n) is 1.22. The fourth-order valence-corrected chi connectivity index (χ4v) is 1.22. The number of hydrogen-bond acceptors (Lipinski definition) is 3. The zero-order chi connectivity index (χ0) is 7.35. The summed E-state index contributed by atoms with van der Waals surface area (Å²) in [7, 11) is 0. The first-order chi connectivity index (χ1) is 4.65. The molecule has 0 amide bonds. The Morgan fingerprint density at radius 3 is 2.80 bits per heavy atom. The van der Waals surface area contributed by atoms with Gasteiger partial charge in [-0.15, -0.1) is 0 Å². The fraction of sp³-hybridized carbons (Fsp3) is 0.571. The molecule has 2 aliphatic rings. The zero-order valence-corrected chi connectivity index (χ0v) is 5.88. The van der Waals surface area contributed by atoms with Crippen LogP contribution in [0.5, 0.6) is 0 Å². The molecule has 0 aromatic rings. The average molecular weight is 140 g/mol. The van der Waals surface area contributed by atoms with Crippen LogP contribution in [0.1, 0.15) is 13.8 Å². The van der Waals surface area contributed by atoms with Gasteiger partial charge in [0.25, 0.3) is 0 Å². The summed E-state index contributed by atoms with van der Waals surface area (Å²) >= 11 is 0. The molecule has 1 saturated heterocycles. The predicted molar refractivity (Wildman–Crippen MR) is 33.1 cm³/mol. The van der Waals surface area contributed by atoms with Crippen molar-refractivity contribution in [1.29, 1.82) is 0 Å². The summed E-state index contributed by atoms with van der Waals surface area (Å²) in [5.74, 6) is -0.165. The number of carbonyl (C=O) groups excluding carboxylic acids is 1. The average Bonchev–Trinajstić information content (AvgIpc) is 2.37. The lowest BCUT2D eigenvalue weighted by atomic mass is 10.2. The van der Waals surface area contributed by atoms with E-state index in [-0.39, 0.29) is 11.9 Å². The highest BCUT2D eigenvalue weighted by Gasteiger charge is 2.66. The van der Waals surface area contributed by atoms with E-state index in [0.29, 0.717) is 0 Å². The molecule has 1 fully saturated rings. The van der Waals surface area contributed by atoms with E-state index in [4.69, 9.17) is 9.47 Å². The van der Waals surface area contributed by atoms with Crippen LogP contribution in [0.15, 0.2) is 11.8 Å². The van der Waals surface area contributed by atoms with Crippen LogP contribution in [0, 0.1) is 0 Å². The van der Waals surface area contributed by atoms with Gasteiger partial charge in [-0.1, -0.05) is 0 Å². The zero-order valence-electron chi connectivity index (χ0n) is 5.88. The van der Waals surface area contributed by atoms with Crippen molar-refractivity contribution < 1.29 is 14.3 Å². The molecular formula is C7H8O3. The van der Waals surface area contributed by atoms with Crippen molar-refractivity contribution in [2.75, 3.05) is 0 Å². The van der Waals surface area contributed by atoms with Crippen LogP contribution in [0.25, 0.3) is 0 Å². The molecule has 0 aliphatic carbocycles. The Balaban J connectivity index is 2.23. The summed E-state index contributed by atoms with van der Waals surface area (Å²) in [4.78, 5) is 10.9. The third kappa shape index (κ3) is 0.508. The van der Waals surface area contributed by atoms with Gasteiger partial charge in [-0.3, -0.25) is 4.79 Å². The minimum atomic E-state index is -0.899. The molecule has 0 spiro atoms. The van der Waals surface area contributed by atoms with E-state index >= 15 is 0 Å². The van der Waals surface area contributed by atoms with Crippen LogP contribution in [0.2, 0.25) is 0 Å². The molecule has 2 unspecified atom stereocenters. The minimum absolute atomic E-state index is 0.0504. The van der Waals surface area contributed by atoms with Gasteiger partial charge in [0, 0.05) is 6.92 Å². The number of carbonyl (C=O) groups is 1. The monoisotopic (exact) mass is 140 g/mol. The standard InChI is InChI=1S/C7H8O3/c1-4-3-6-7(9-4,10-6)5(2)8/h3,6H,1-2H3.